The molecule has 0 spiro atoms. The zero-order chi connectivity index (χ0) is 10.5. The summed E-state index contributed by atoms with van der Waals surface area (Å²) in [5.41, 5.74) is 0. The highest BCUT2D eigenvalue weighted by atomic mass is 31.2. The molecule has 80 valence electrons. The molecule has 9 nitrogen and oxygen atoms in total. The Kier molecular flexibility index (Phi) is 5.23. The fourth-order valence-electron chi connectivity index (χ4n) is 0.246. The normalized spacial score (nSPS) is 13.2. The van der Waals surface area contributed by atoms with E-state index in [4.69, 9.17) is 19.6 Å². The zero-order valence-corrected chi connectivity index (χ0v) is 7.93. The Balaban J connectivity index is 3.39. The van der Waals surface area contributed by atoms with Crippen LogP contribution in [0.1, 0.15) is 0 Å². The largest absolute Gasteiger partial charge is 0.471 e. The van der Waals surface area contributed by atoms with Crippen molar-refractivity contribution in [1.29, 1.82) is 0 Å². The number of ether oxygens (including phenoxy) is 1. The molecule has 0 bridgehead atoms. The third kappa shape index (κ3) is 12.2. The maximum absolute atomic E-state index is 9.99. The van der Waals surface area contributed by atoms with Crippen LogP contribution in [-0.4, -0.2) is 33.2 Å². The number of phosphoric ester groups is 2. The van der Waals surface area contributed by atoms with Crippen LogP contribution in [0.5, 0.6) is 0 Å². The summed E-state index contributed by atoms with van der Waals surface area (Å²) in [4.78, 5) is 32.4. The zero-order valence-electron chi connectivity index (χ0n) is 6.14. The second-order valence-corrected chi connectivity index (χ2v) is 4.16. The summed E-state index contributed by atoms with van der Waals surface area (Å²) in [5, 5.41) is 0. The fourth-order valence-corrected chi connectivity index (χ4v) is 0.670. The van der Waals surface area contributed by atoms with Crippen molar-refractivity contribution in [2.45, 2.75) is 0 Å². The lowest BCUT2D eigenvalue weighted by molar-refractivity contribution is -0.0699. The highest BCUT2D eigenvalue weighted by Gasteiger charge is 2.15. The minimum absolute atomic E-state index is 0.829. The molecule has 0 saturated carbocycles. The predicted octanol–water partition coefficient (Wildman–Crippen LogP) is -0.863. The van der Waals surface area contributed by atoms with Crippen molar-refractivity contribution in [2.24, 2.45) is 0 Å². The van der Waals surface area contributed by atoms with Crippen molar-refractivity contribution >= 4 is 15.6 Å². The number of hydrogen-bond donors (Lipinski definition) is 4. The van der Waals surface area contributed by atoms with E-state index in [0.29, 0.717) is 0 Å². The molecule has 0 aliphatic rings. The lowest BCUT2D eigenvalue weighted by Crippen LogP contribution is -2.02. The SMILES string of the molecule is O=P(O)(O)OCOCOP(=O)(O)O. The molecule has 0 aromatic rings. The summed E-state index contributed by atoms with van der Waals surface area (Å²) in [5.74, 6) is 0. The monoisotopic (exact) mass is 238 g/mol. The van der Waals surface area contributed by atoms with E-state index in [-0.39, 0.29) is 0 Å². The van der Waals surface area contributed by atoms with Gasteiger partial charge in [-0.3, -0.25) is 9.05 Å². The molecule has 0 atom stereocenters. The van der Waals surface area contributed by atoms with E-state index in [9.17, 15) is 9.13 Å². The van der Waals surface area contributed by atoms with Gasteiger partial charge in [0, 0.05) is 0 Å². The first-order valence-corrected chi connectivity index (χ1v) is 5.75. The van der Waals surface area contributed by atoms with E-state index in [1.54, 1.807) is 0 Å². The second kappa shape index (κ2) is 5.16. The molecule has 11 heteroatoms. The summed E-state index contributed by atoms with van der Waals surface area (Å²) in [6.45, 7) is -1.66. The lowest BCUT2D eigenvalue weighted by atomic mass is 11.4. The molecule has 0 radical (unpaired) electrons. The van der Waals surface area contributed by atoms with Gasteiger partial charge in [0.05, 0.1) is 0 Å². The van der Waals surface area contributed by atoms with Gasteiger partial charge >= 0.3 is 15.6 Å². The third-order valence-corrected chi connectivity index (χ3v) is 1.49. The number of hydrogen-bond acceptors (Lipinski definition) is 5. The molecule has 0 rings (SSSR count). The third-order valence-electron chi connectivity index (χ3n) is 0.608. The number of rotatable bonds is 6. The van der Waals surface area contributed by atoms with E-state index in [1.165, 1.54) is 0 Å². The van der Waals surface area contributed by atoms with Crippen LogP contribution in [0, 0.1) is 0 Å². The van der Waals surface area contributed by atoms with Gasteiger partial charge in [0.2, 0.25) is 0 Å². The van der Waals surface area contributed by atoms with Crippen LogP contribution in [-0.2, 0) is 22.9 Å². The lowest BCUT2D eigenvalue weighted by Gasteiger charge is -2.07. The van der Waals surface area contributed by atoms with Crippen molar-refractivity contribution in [3.63, 3.8) is 0 Å². The molecule has 0 aromatic carbocycles. The van der Waals surface area contributed by atoms with Crippen molar-refractivity contribution in [3.8, 4) is 0 Å². The highest BCUT2D eigenvalue weighted by Crippen LogP contribution is 2.37. The quantitative estimate of drug-likeness (QED) is 0.264. The Morgan fingerprint density at radius 3 is 1.38 bits per heavy atom. The first-order valence-electron chi connectivity index (χ1n) is 2.68. The summed E-state index contributed by atoms with van der Waals surface area (Å²) in [6, 6.07) is 0. The van der Waals surface area contributed by atoms with Gasteiger partial charge < -0.3 is 24.3 Å². The minimum Gasteiger partial charge on any atom is -0.328 e. The van der Waals surface area contributed by atoms with Gasteiger partial charge in [-0.05, 0) is 0 Å². The van der Waals surface area contributed by atoms with Crippen molar-refractivity contribution in [1.82, 2.24) is 0 Å². The van der Waals surface area contributed by atoms with Crippen LogP contribution >= 0.6 is 15.6 Å². The predicted molar refractivity (Wildman–Crippen MR) is 37.1 cm³/mol. The highest BCUT2D eigenvalue weighted by molar-refractivity contribution is 7.46. The fraction of sp³-hybridized carbons (Fsp3) is 1.00. The Bertz CT molecular complexity index is 200. The van der Waals surface area contributed by atoms with Gasteiger partial charge in [0.15, 0.2) is 13.6 Å². The topological polar surface area (TPSA) is 143 Å². The van der Waals surface area contributed by atoms with Crippen LogP contribution in [0.15, 0.2) is 0 Å². The smallest absolute Gasteiger partial charge is 0.328 e. The standard InChI is InChI=1S/C2H8O9P2/c3-12(4,5)10-1-9-2-11-13(6,7)8/h1-2H2,(H2,3,4,5)(H2,6,7,8). The number of phosphoric acid groups is 2. The van der Waals surface area contributed by atoms with Crippen LogP contribution < -0.4 is 0 Å². The van der Waals surface area contributed by atoms with E-state index in [2.05, 4.69) is 13.8 Å². The molecule has 4 N–H and O–H groups in total. The summed E-state index contributed by atoms with van der Waals surface area (Å²) >= 11 is 0. The molecule has 0 unspecified atom stereocenters. The van der Waals surface area contributed by atoms with Crippen LogP contribution in [0.3, 0.4) is 0 Å². The molecule has 0 amide bonds. The maximum atomic E-state index is 9.99. The van der Waals surface area contributed by atoms with Gasteiger partial charge in [-0.1, -0.05) is 0 Å². The van der Waals surface area contributed by atoms with Crippen LogP contribution in [0.4, 0.5) is 0 Å². The molecule has 0 saturated heterocycles. The van der Waals surface area contributed by atoms with Gasteiger partial charge in [-0.2, -0.15) is 0 Å². The molecule has 0 aliphatic heterocycles. The average Bonchev–Trinajstić information content (AvgIpc) is 1.81. The molecule has 13 heavy (non-hydrogen) atoms. The molecule has 0 aliphatic carbocycles. The Morgan fingerprint density at radius 1 is 0.846 bits per heavy atom. The van der Waals surface area contributed by atoms with Crippen molar-refractivity contribution in [3.05, 3.63) is 0 Å². The molecular weight excluding hydrogens is 230 g/mol. The van der Waals surface area contributed by atoms with Crippen LogP contribution in [0.2, 0.25) is 0 Å². The van der Waals surface area contributed by atoms with E-state index in [0.717, 1.165) is 0 Å². The second-order valence-electron chi connectivity index (χ2n) is 1.68. The Labute approximate surface area is 72.7 Å². The molecule has 0 fully saturated rings. The summed E-state index contributed by atoms with van der Waals surface area (Å²) in [6.07, 6.45) is 0. The summed E-state index contributed by atoms with van der Waals surface area (Å²) in [7, 11) is -9.24. The first-order chi connectivity index (χ1) is 5.71. The Hall–Kier alpha value is 0.180. The molecular formula is C2H8O9P2. The van der Waals surface area contributed by atoms with E-state index in [1.807, 2.05) is 0 Å². The van der Waals surface area contributed by atoms with Crippen molar-refractivity contribution < 1.29 is 42.5 Å². The van der Waals surface area contributed by atoms with Crippen LogP contribution in [0.25, 0.3) is 0 Å². The van der Waals surface area contributed by atoms with Gasteiger partial charge in [0.25, 0.3) is 0 Å². The average molecular weight is 238 g/mol. The van der Waals surface area contributed by atoms with E-state index < -0.39 is 29.2 Å². The van der Waals surface area contributed by atoms with Gasteiger partial charge in [-0.15, -0.1) is 0 Å². The van der Waals surface area contributed by atoms with Gasteiger partial charge in [0.1, 0.15) is 0 Å². The molecule has 0 heterocycles. The van der Waals surface area contributed by atoms with Gasteiger partial charge in [-0.25, -0.2) is 9.13 Å². The minimum atomic E-state index is -4.62. The van der Waals surface area contributed by atoms with E-state index >= 15 is 0 Å². The first kappa shape index (κ1) is 13.2. The maximum Gasteiger partial charge on any atom is 0.471 e. The Morgan fingerprint density at radius 2 is 1.15 bits per heavy atom. The van der Waals surface area contributed by atoms with Crippen molar-refractivity contribution in [2.75, 3.05) is 13.6 Å². The summed E-state index contributed by atoms with van der Waals surface area (Å²) < 4.78 is 31.6. The molecule has 0 aromatic heterocycles.